The van der Waals surface area contributed by atoms with Gasteiger partial charge in [0.2, 0.25) is 5.91 Å². The molecule has 0 bridgehead atoms. The minimum atomic E-state index is -0.177. The van der Waals surface area contributed by atoms with Gasteiger partial charge in [-0.3, -0.25) is 19.5 Å². The summed E-state index contributed by atoms with van der Waals surface area (Å²) in [5, 5.41) is 0. The number of carbonyl (C=O) groups is 2. The van der Waals surface area contributed by atoms with Gasteiger partial charge in [0.15, 0.2) is 5.82 Å². The van der Waals surface area contributed by atoms with Crippen molar-refractivity contribution in [3.8, 4) is 0 Å². The number of likely N-dealkylation sites (tertiary alicyclic amines) is 1. The summed E-state index contributed by atoms with van der Waals surface area (Å²) in [6.07, 6.45) is 11.0. The van der Waals surface area contributed by atoms with Crippen LogP contribution >= 0.6 is 0 Å². The van der Waals surface area contributed by atoms with Crippen LogP contribution in [0.25, 0.3) is 0 Å². The molecule has 2 aliphatic heterocycles. The largest absolute Gasteiger partial charge is 0.328 e. The first-order chi connectivity index (χ1) is 16.0. The predicted octanol–water partition coefficient (Wildman–Crippen LogP) is 4.33. The third kappa shape index (κ3) is 4.37. The quantitative estimate of drug-likeness (QED) is 0.697. The van der Waals surface area contributed by atoms with Crippen molar-refractivity contribution < 1.29 is 9.59 Å². The third-order valence-electron chi connectivity index (χ3n) is 7.48. The fourth-order valence-electron chi connectivity index (χ4n) is 5.57. The number of hydrogen-bond acceptors (Lipinski definition) is 5. The van der Waals surface area contributed by atoms with Crippen molar-refractivity contribution in [1.82, 2.24) is 19.9 Å². The van der Waals surface area contributed by atoms with Gasteiger partial charge in [-0.15, -0.1) is 0 Å². The minimum absolute atomic E-state index is 0.0240. The highest BCUT2D eigenvalue weighted by atomic mass is 16.2. The normalized spacial score (nSPS) is 21.4. The van der Waals surface area contributed by atoms with E-state index in [1.54, 1.807) is 6.20 Å². The molecule has 2 amide bonds. The maximum absolute atomic E-state index is 13.4. The number of anilines is 1. The Bertz CT molecular complexity index is 1050. The molecule has 7 nitrogen and oxygen atoms in total. The smallest absolute Gasteiger partial charge is 0.256 e. The molecule has 0 unspecified atom stereocenters. The second kappa shape index (κ2) is 9.20. The molecule has 1 atom stereocenters. The van der Waals surface area contributed by atoms with Gasteiger partial charge in [-0.05, 0) is 64.0 Å². The number of aryl methyl sites for hydroxylation is 2. The molecule has 2 aromatic rings. The Kier molecular flexibility index (Phi) is 6.13. The van der Waals surface area contributed by atoms with E-state index < -0.39 is 0 Å². The van der Waals surface area contributed by atoms with Crippen LogP contribution in [-0.4, -0.2) is 44.8 Å². The van der Waals surface area contributed by atoms with E-state index in [9.17, 15) is 9.59 Å². The Morgan fingerprint density at radius 3 is 2.58 bits per heavy atom. The number of carbonyl (C=O) groups excluding carboxylic acids is 2. The molecule has 5 rings (SSSR count). The average molecular weight is 448 g/mol. The van der Waals surface area contributed by atoms with Gasteiger partial charge in [0.05, 0.1) is 18.0 Å². The zero-order chi connectivity index (χ0) is 22.9. The van der Waals surface area contributed by atoms with Crippen LogP contribution in [0, 0.1) is 19.8 Å². The standard InChI is InChI=1S/C26H33N5O2/c1-17-11-12-20(15-27-17)26(33)30-13-7-6-10-22(30)24-28-18(2)21-14-23(32)31(25(21)29-24)16-19-8-4-3-5-9-19/h11-12,15,19,22H,3-10,13-14,16H2,1-2H3/t22-/m1/s1. The van der Waals surface area contributed by atoms with Crippen molar-refractivity contribution in [2.75, 3.05) is 18.0 Å². The zero-order valence-electron chi connectivity index (χ0n) is 19.7. The second-order valence-electron chi connectivity index (χ2n) is 9.85. The molecule has 0 aromatic carbocycles. The Morgan fingerprint density at radius 1 is 1.03 bits per heavy atom. The molecule has 174 valence electrons. The molecule has 2 aromatic heterocycles. The van der Waals surface area contributed by atoms with Gasteiger partial charge < -0.3 is 4.90 Å². The molecule has 1 aliphatic carbocycles. The van der Waals surface area contributed by atoms with Crippen LogP contribution in [0.2, 0.25) is 0 Å². The van der Waals surface area contributed by atoms with E-state index in [1.807, 2.05) is 35.8 Å². The van der Waals surface area contributed by atoms with Crippen LogP contribution < -0.4 is 4.90 Å². The fourth-order valence-corrected chi connectivity index (χ4v) is 5.57. The van der Waals surface area contributed by atoms with Crippen molar-refractivity contribution in [2.24, 2.45) is 5.92 Å². The first-order valence-electron chi connectivity index (χ1n) is 12.4. The zero-order valence-corrected chi connectivity index (χ0v) is 19.7. The number of pyridine rings is 1. The van der Waals surface area contributed by atoms with Crippen molar-refractivity contribution in [3.05, 3.63) is 46.7 Å². The maximum Gasteiger partial charge on any atom is 0.256 e. The third-order valence-corrected chi connectivity index (χ3v) is 7.48. The van der Waals surface area contributed by atoms with Crippen LogP contribution in [0.15, 0.2) is 18.3 Å². The van der Waals surface area contributed by atoms with Crippen molar-refractivity contribution in [1.29, 1.82) is 0 Å². The van der Waals surface area contributed by atoms with Gasteiger partial charge in [-0.2, -0.15) is 0 Å². The molecule has 1 saturated heterocycles. The first kappa shape index (κ1) is 22.0. The van der Waals surface area contributed by atoms with Crippen LogP contribution in [-0.2, 0) is 11.2 Å². The van der Waals surface area contributed by atoms with Crippen LogP contribution in [0.5, 0.6) is 0 Å². The number of aromatic nitrogens is 3. The summed E-state index contributed by atoms with van der Waals surface area (Å²) in [6, 6.07) is 3.54. The van der Waals surface area contributed by atoms with E-state index in [0.717, 1.165) is 48.6 Å². The molecule has 4 heterocycles. The summed E-state index contributed by atoms with van der Waals surface area (Å²) in [4.78, 5) is 44.2. The van der Waals surface area contributed by atoms with E-state index in [1.165, 1.54) is 32.1 Å². The van der Waals surface area contributed by atoms with E-state index in [4.69, 9.17) is 9.97 Å². The van der Waals surface area contributed by atoms with Gasteiger partial charge in [0.25, 0.3) is 5.91 Å². The number of rotatable bonds is 4. The highest BCUT2D eigenvalue weighted by Gasteiger charge is 2.36. The van der Waals surface area contributed by atoms with Gasteiger partial charge in [0, 0.05) is 36.2 Å². The fraction of sp³-hybridized carbons (Fsp3) is 0.577. The van der Waals surface area contributed by atoms with Crippen molar-refractivity contribution in [2.45, 2.75) is 77.7 Å². The summed E-state index contributed by atoms with van der Waals surface area (Å²) in [7, 11) is 0. The second-order valence-corrected chi connectivity index (χ2v) is 9.85. The van der Waals surface area contributed by atoms with Gasteiger partial charge in [-0.25, -0.2) is 9.97 Å². The summed E-state index contributed by atoms with van der Waals surface area (Å²) in [6.45, 7) is 5.32. The molecule has 33 heavy (non-hydrogen) atoms. The maximum atomic E-state index is 13.4. The monoisotopic (exact) mass is 447 g/mol. The Hall–Kier alpha value is -2.83. The van der Waals surface area contributed by atoms with E-state index in [0.29, 0.717) is 30.3 Å². The number of hydrogen-bond donors (Lipinski definition) is 0. The van der Waals surface area contributed by atoms with E-state index >= 15 is 0 Å². The number of nitrogens with zero attached hydrogens (tertiary/aromatic N) is 5. The van der Waals surface area contributed by atoms with E-state index in [2.05, 4.69) is 4.98 Å². The lowest BCUT2D eigenvalue weighted by molar-refractivity contribution is -0.117. The van der Waals surface area contributed by atoms with Gasteiger partial charge in [0.1, 0.15) is 5.82 Å². The summed E-state index contributed by atoms with van der Waals surface area (Å²) in [5.74, 6) is 2.11. The summed E-state index contributed by atoms with van der Waals surface area (Å²) < 4.78 is 0. The molecule has 3 aliphatic rings. The number of piperidine rings is 1. The molecule has 0 N–H and O–H groups in total. The molecule has 2 fully saturated rings. The lowest BCUT2D eigenvalue weighted by Crippen LogP contribution is -2.39. The lowest BCUT2D eigenvalue weighted by Gasteiger charge is -2.35. The topological polar surface area (TPSA) is 79.3 Å². The van der Waals surface area contributed by atoms with Crippen molar-refractivity contribution in [3.63, 3.8) is 0 Å². The predicted molar refractivity (Wildman–Crippen MR) is 126 cm³/mol. The number of fused-ring (bicyclic) bond motifs is 1. The molecule has 0 spiro atoms. The molecule has 7 heteroatoms. The average Bonchev–Trinajstić information content (AvgIpc) is 3.15. The van der Waals surface area contributed by atoms with Gasteiger partial charge in [-0.1, -0.05) is 19.3 Å². The Balaban J connectivity index is 1.44. The summed E-state index contributed by atoms with van der Waals surface area (Å²) >= 11 is 0. The van der Waals surface area contributed by atoms with Crippen LogP contribution in [0.4, 0.5) is 5.82 Å². The SMILES string of the molecule is Cc1ccc(C(=O)N2CCCC[C@@H]2c2nc(C)c3c(n2)N(CC2CCCCC2)C(=O)C3)cn1. The molecule has 1 saturated carbocycles. The van der Waals surface area contributed by atoms with E-state index in [-0.39, 0.29) is 17.9 Å². The van der Waals surface area contributed by atoms with Crippen LogP contribution in [0.1, 0.15) is 90.5 Å². The highest BCUT2D eigenvalue weighted by molar-refractivity contribution is 6.00. The van der Waals surface area contributed by atoms with Crippen molar-refractivity contribution >= 4 is 17.6 Å². The Labute approximate surface area is 195 Å². The highest BCUT2D eigenvalue weighted by Crippen LogP contribution is 2.36. The van der Waals surface area contributed by atoms with Crippen LogP contribution in [0.3, 0.4) is 0 Å². The molecular weight excluding hydrogens is 414 g/mol. The molecular formula is C26H33N5O2. The number of amides is 2. The van der Waals surface area contributed by atoms with Gasteiger partial charge >= 0.3 is 0 Å². The lowest BCUT2D eigenvalue weighted by atomic mass is 9.89. The molecule has 0 radical (unpaired) electrons. The minimum Gasteiger partial charge on any atom is -0.328 e. The summed E-state index contributed by atoms with van der Waals surface area (Å²) in [5.41, 5.74) is 3.31. The Morgan fingerprint density at radius 2 is 1.82 bits per heavy atom. The first-order valence-corrected chi connectivity index (χ1v) is 12.4.